The predicted molar refractivity (Wildman–Crippen MR) is 80.9 cm³/mol. The smallest absolute Gasteiger partial charge is 0.245 e. The molecule has 0 aliphatic carbocycles. The minimum atomic E-state index is 0.236. The normalized spacial score (nSPS) is 32.9. The first-order chi connectivity index (χ1) is 9.56. The molecular weight excluding hydrogens is 272 g/mol. The zero-order valence-electron chi connectivity index (χ0n) is 12.6. The molecule has 0 bridgehead atoms. The Hall–Kier alpha value is -0.590. The highest BCUT2D eigenvalue weighted by Gasteiger charge is 2.36. The van der Waals surface area contributed by atoms with Crippen molar-refractivity contribution in [3.05, 3.63) is 11.7 Å². The average molecular weight is 296 g/mol. The average Bonchev–Trinajstić information content (AvgIpc) is 3.01. The SMILES string of the molecule is Cc1noc([C@H]2CN(C[C@]3(C)CCCS3)CCN2C)n1. The van der Waals surface area contributed by atoms with Gasteiger partial charge < -0.3 is 4.52 Å². The van der Waals surface area contributed by atoms with Crippen LogP contribution < -0.4 is 0 Å². The second-order valence-corrected chi connectivity index (χ2v) is 8.00. The van der Waals surface area contributed by atoms with E-state index in [4.69, 9.17) is 4.52 Å². The molecular formula is C14H24N4OS. The van der Waals surface area contributed by atoms with Gasteiger partial charge in [0.25, 0.3) is 0 Å². The van der Waals surface area contributed by atoms with Crippen molar-refractivity contribution in [1.29, 1.82) is 0 Å². The van der Waals surface area contributed by atoms with Gasteiger partial charge in [-0.2, -0.15) is 16.7 Å². The van der Waals surface area contributed by atoms with Gasteiger partial charge in [0.1, 0.15) is 6.04 Å². The summed E-state index contributed by atoms with van der Waals surface area (Å²) in [6.07, 6.45) is 2.70. The number of nitrogens with zero attached hydrogens (tertiary/aromatic N) is 4. The first-order valence-corrected chi connectivity index (χ1v) is 8.41. The van der Waals surface area contributed by atoms with Gasteiger partial charge in [-0.25, -0.2) is 0 Å². The molecule has 0 aromatic carbocycles. The summed E-state index contributed by atoms with van der Waals surface area (Å²) in [5.41, 5.74) is 0. The lowest BCUT2D eigenvalue weighted by atomic mass is 10.0. The molecule has 2 aliphatic heterocycles. The van der Waals surface area contributed by atoms with Crippen molar-refractivity contribution < 1.29 is 4.52 Å². The lowest BCUT2D eigenvalue weighted by molar-refractivity contribution is 0.0706. The van der Waals surface area contributed by atoms with Gasteiger partial charge in [0.2, 0.25) is 5.89 Å². The van der Waals surface area contributed by atoms with E-state index in [9.17, 15) is 0 Å². The molecule has 1 aromatic rings. The first kappa shape index (κ1) is 14.4. The van der Waals surface area contributed by atoms with Crippen LogP contribution in [-0.4, -0.2) is 63.7 Å². The maximum Gasteiger partial charge on any atom is 0.245 e. The summed E-state index contributed by atoms with van der Waals surface area (Å²) in [5.74, 6) is 2.80. The Morgan fingerprint density at radius 1 is 1.45 bits per heavy atom. The van der Waals surface area contributed by atoms with Crippen LogP contribution in [0.4, 0.5) is 0 Å². The van der Waals surface area contributed by atoms with Gasteiger partial charge in [-0.1, -0.05) is 5.16 Å². The Morgan fingerprint density at radius 2 is 2.30 bits per heavy atom. The largest absolute Gasteiger partial charge is 0.338 e. The monoisotopic (exact) mass is 296 g/mol. The summed E-state index contributed by atoms with van der Waals surface area (Å²) in [5, 5.41) is 3.93. The summed E-state index contributed by atoms with van der Waals surface area (Å²) in [6, 6.07) is 0.236. The summed E-state index contributed by atoms with van der Waals surface area (Å²) in [6.45, 7) is 8.66. The minimum absolute atomic E-state index is 0.236. The molecule has 0 unspecified atom stereocenters. The predicted octanol–water partition coefficient (Wildman–Crippen LogP) is 1.95. The van der Waals surface area contributed by atoms with Gasteiger partial charge in [0.05, 0.1) is 0 Å². The molecule has 0 radical (unpaired) electrons. The van der Waals surface area contributed by atoms with Gasteiger partial charge in [-0.05, 0) is 39.5 Å². The number of rotatable bonds is 3. The molecule has 0 amide bonds. The highest BCUT2D eigenvalue weighted by Crippen LogP contribution is 2.39. The van der Waals surface area contributed by atoms with E-state index in [-0.39, 0.29) is 6.04 Å². The number of aryl methyl sites for hydroxylation is 1. The van der Waals surface area contributed by atoms with Crippen LogP contribution in [0, 0.1) is 6.92 Å². The van der Waals surface area contributed by atoms with Gasteiger partial charge in [0.15, 0.2) is 5.82 Å². The molecule has 0 N–H and O–H groups in total. The first-order valence-electron chi connectivity index (χ1n) is 7.42. The second-order valence-electron chi connectivity index (χ2n) is 6.31. The van der Waals surface area contributed by atoms with E-state index < -0.39 is 0 Å². The molecule has 112 valence electrons. The fourth-order valence-corrected chi connectivity index (χ4v) is 4.57. The molecule has 2 saturated heterocycles. The fourth-order valence-electron chi connectivity index (χ4n) is 3.22. The van der Waals surface area contributed by atoms with Crippen LogP contribution in [0.3, 0.4) is 0 Å². The van der Waals surface area contributed by atoms with Crippen molar-refractivity contribution in [2.45, 2.75) is 37.5 Å². The van der Waals surface area contributed by atoms with Crippen LogP contribution in [0.15, 0.2) is 4.52 Å². The molecule has 5 nitrogen and oxygen atoms in total. The van der Waals surface area contributed by atoms with Crippen LogP contribution in [0.1, 0.15) is 37.5 Å². The van der Waals surface area contributed by atoms with E-state index in [1.54, 1.807) is 0 Å². The Kier molecular flexibility index (Phi) is 4.06. The summed E-state index contributed by atoms with van der Waals surface area (Å²) >= 11 is 2.13. The van der Waals surface area contributed by atoms with Crippen LogP contribution in [0.25, 0.3) is 0 Å². The maximum absolute atomic E-state index is 5.38. The van der Waals surface area contributed by atoms with Crippen LogP contribution in [0.2, 0.25) is 0 Å². The highest BCUT2D eigenvalue weighted by molar-refractivity contribution is 8.00. The molecule has 1 aromatic heterocycles. The Balaban J connectivity index is 1.66. The zero-order valence-corrected chi connectivity index (χ0v) is 13.4. The van der Waals surface area contributed by atoms with Crippen molar-refractivity contribution >= 4 is 11.8 Å². The fraction of sp³-hybridized carbons (Fsp3) is 0.857. The topological polar surface area (TPSA) is 45.4 Å². The quantitative estimate of drug-likeness (QED) is 0.849. The number of thioether (sulfide) groups is 1. The van der Waals surface area contributed by atoms with Crippen molar-refractivity contribution in [2.75, 3.05) is 39.0 Å². The maximum atomic E-state index is 5.38. The van der Waals surface area contributed by atoms with Gasteiger partial charge in [-0.15, -0.1) is 0 Å². The van der Waals surface area contributed by atoms with Crippen molar-refractivity contribution in [3.8, 4) is 0 Å². The molecule has 0 spiro atoms. The van der Waals surface area contributed by atoms with Crippen molar-refractivity contribution in [2.24, 2.45) is 0 Å². The van der Waals surface area contributed by atoms with Crippen molar-refractivity contribution in [1.82, 2.24) is 19.9 Å². The van der Waals surface area contributed by atoms with Crippen LogP contribution in [0.5, 0.6) is 0 Å². The molecule has 20 heavy (non-hydrogen) atoms. The van der Waals surface area contributed by atoms with E-state index in [1.807, 2.05) is 6.92 Å². The van der Waals surface area contributed by atoms with Gasteiger partial charge in [-0.3, -0.25) is 9.80 Å². The second kappa shape index (κ2) is 5.66. The standard InChI is InChI=1S/C14H24N4OS/c1-11-15-13(19-16-11)12-9-18(7-6-17(12)3)10-14(2)5-4-8-20-14/h12H,4-10H2,1-3H3/t12-,14+/m1/s1. The third kappa shape index (κ3) is 3.02. The number of likely N-dealkylation sites (N-methyl/N-ethyl adjacent to an activating group) is 1. The van der Waals surface area contributed by atoms with E-state index >= 15 is 0 Å². The summed E-state index contributed by atoms with van der Waals surface area (Å²) in [4.78, 5) is 9.32. The Morgan fingerprint density at radius 3 is 2.95 bits per heavy atom. The molecule has 3 rings (SSSR count). The number of hydrogen-bond acceptors (Lipinski definition) is 6. The number of piperazine rings is 1. The van der Waals surface area contributed by atoms with E-state index in [2.05, 4.69) is 45.7 Å². The molecule has 2 aliphatic rings. The Labute approximate surface area is 125 Å². The molecule has 0 saturated carbocycles. The van der Waals surface area contributed by atoms with E-state index in [0.717, 1.165) is 31.3 Å². The number of hydrogen-bond donors (Lipinski definition) is 0. The summed E-state index contributed by atoms with van der Waals surface area (Å²) in [7, 11) is 2.15. The highest BCUT2D eigenvalue weighted by atomic mass is 32.2. The lowest BCUT2D eigenvalue weighted by Gasteiger charge is -2.40. The third-order valence-electron chi connectivity index (χ3n) is 4.42. The number of aromatic nitrogens is 2. The van der Waals surface area contributed by atoms with Gasteiger partial charge >= 0.3 is 0 Å². The van der Waals surface area contributed by atoms with Crippen molar-refractivity contribution in [3.63, 3.8) is 0 Å². The zero-order chi connectivity index (χ0) is 14.2. The van der Waals surface area contributed by atoms with Gasteiger partial charge in [0, 0.05) is 30.9 Å². The minimum Gasteiger partial charge on any atom is -0.338 e. The third-order valence-corrected chi connectivity index (χ3v) is 5.94. The van der Waals surface area contributed by atoms with E-state index in [1.165, 1.54) is 25.1 Å². The lowest BCUT2D eigenvalue weighted by Crippen LogP contribution is -2.50. The Bertz CT molecular complexity index is 458. The summed E-state index contributed by atoms with van der Waals surface area (Å²) < 4.78 is 5.82. The molecule has 2 atom stereocenters. The molecule has 2 fully saturated rings. The molecule has 3 heterocycles. The van der Waals surface area contributed by atoms with Crippen LogP contribution in [-0.2, 0) is 0 Å². The molecule has 6 heteroatoms. The van der Waals surface area contributed by atoms with Crippen LogP contribution >= 0.6 is 11.8 Å². The van der Waals surface area contributed by atoms with E-state index in [0.29, 0.717) is 4.75 Å².